The molecule has 1 N–H and O–H groups in total. The minimum atomic E-state index is 0.502. The number of hydrazone groups is 1. The fraction of sp³-hybridized carbons (Fsp3) is 0.211. The van der Waals surface area contributed by atoms with Gasteiger partial charge in [0.25, 0.3) is 0 Å². The van der Waals surface area contributed by atoms with E-state index in [2.05, 4.69) is 67.0 Å². The van der Waals surface area contributed by atoms with Gasteiger partial charge < -0.3 is 4.57 Å². The number of anilines is 1. The molecule has 0 saturated heterocycles. The van der Waals surface area contributed by atoms with Crippen LogP contribution < -0.4 is 5.43 Å². The van der Waals surface area contributed by atoms with Gasteiger partial charge in [0.1, 0.15) is 0 Å². The van der Waals surface area contributed by atoms with Crippen molar-refractivity contribution in [2.75, 3.05) is 5.43 Å². The van der Waals surface area contributed by atoms with E-state index in [9.17, 15) is 0 Å². The maximum absolute atomic E-state index is 4.33. The number of nitrogens with one attached hydrogen (secondary N) is 1. The maximum atomic E-state index is 4.33. The van der Waals surface area contributed by atoms with Gasteiger partial charge in [0, 0.05) is 38.5 Å². The van der Waals surface area contributed by atoms with E-state index in [-0.39, 0.29) is 0 Å². The van der Waals surface area contributed by atoms with Gasteiger partial charge in [0.15, 0.2) is 0 Å². The molecule has 6 heteroatoms. The minimum absolute atomic E-state index is 0.502. The third-order valence-electron chi connectivity index (χ3n) is 3.97. The lowest BCUT2D eigenvalue weighted by molar-refractivity contribution is 0.962. The quantitative estimate of drug-likeness (QED) is 0.512. The Morgan fingerprint density at radius 3 is 2.28 bits per heavy atom. The van der Waals surface area contributed by atoms with E-state index in [1.165, 1.54) is 0 Å². The van der Waals surface area contributed by atoms with Gasteiger partial charge in [-0.1, -0.05) is 18.2 Å². The molecule has 0 aliphatic heterocycles. The molecular formula is C19H20BrN5. The molecule has 0 fully saturated rings. The molecule has 0 atom stereocenters. The van der Waals surface area contributed by atoms with Crippen molar-refractivity contribution >= 4 is 28.1 Å². The Morgan fingerprint density at radius 2 is 1.64 bits per heavy atom. The van der Waals surface area contributed by atoms with E-state index < -0.39 is 0 Å². The number of nitrogens with zero attached hydrogens (tertiary/aromatic N) is 4. The van der Waals surface area contributed by atoms with Gasteiger partial charge in [-0.3, -0.25) is 0 Å². The van der Waals surface area contributed by atoms with Crippen molar-refractivity contribution < 1.29 is 0 Å². The molecule has 5 nitrogen and oxygen atoms in total. The molecule has 0 amide bonds. The second-order valence-corrected chi connectivity index (χ2v) is 6.71. The summed E-state index contributed by atoms with van der Waals surface area (Å²) in [6.07, 6.45) is 1.80. The molecule has 0 saturated carbocycles. The summed E-state index contributed by atoms with van der Waals surface area (Å²) < 4.78 is 3.24. The zero-order valence-corrected chi connectivity index (χ0v) is 16.3. The first-order chi connectivity index (χ1) is 12.0. The average molecular weight is 398 g/mol. The molecule has 25 heavy (non-hydrogen) atoms. The molecule has 3 rings (SSSR count). The lowest BCUT2D eigenvalue weighted by atomic mass is 10.2. The van der Waals surface area contributed by atoms with E-state index in [1.807, 2.05) is 38.1 Å². The van der Waals surface area contributed by atoms with Gasteiger partial charge in [0.2, 0.25) is 5.95 Å². The maximum Gasteiger partial charge on any atom is 0.243 e. The van der Waals surface area contributed by atoms with Crippen LogP contribution in [0.2, 0.25) is 0 Å². The summed E-state index contributed by atoms with van der Waals surface area (Å²) in [4.78, 5) is 8.66. The molecule has 2 heterocycles. The Morgan fingerprint density at radius 1 is 1.00 bits per heavy atom. The van der Waals surface area contributed by atoms with Crippen LogP contribution in [0, 0.1) is 27.7 Å². The minimum Gasteiger partial charge on any atom is -0.317 e. The van der Waals surface area contributed by atoms with Crippen molar-refractivity contribution in [2.45, 2.75) is 27.7 Å². The average Bonchev–Trinajstić information content (AvgIpc) is 2.78. The van der Waals surface area contributed by atoms with Crippen molar-refractivity contribution in [3.8, 4) is 5.69 Å². The zero-order valence-electron chi connectivity index (χ0n) is 14.7. The topological polar surface area (TPSA) is 55.1 Å². The number of hydrogen-bond donors (Lipinski definition) is 1. The Bertz CT molecular complexity index is 908. The summed E-state index contributed by atoms with van der Waals surface area (Å²) >= 11 is 3.69. The Balaban J connectivity index is 1.90. The van der Waals surface area contributed by atoms with Crippen LogP contribution in [-0.2, 0) is 0 Å². The van der Waals surface area contributed by atoms with Crippen LogP contribution in [0.1, 0.15) is 28.3 Å². The molecule has 0 radical (unpaired) electrons. The van der Waals surface area contributed by atoms with Gasteiger partial charge in [-0.05, 0) is 61.8 Å². The molecule has 2 aromatic heterocycles. The number of rotatable bonds is 4. The first kappa shape index (κ1) is 17.4. The van der Waals surface area contributed by atoms with E-state index >= 15 is 0 Å². The first-order valence-corrected chi connectivity index (χ1v) is 8.81. The van der Waals surface area contributed by atoms with Gasteiger partial charge in [-0.25, -0.2) is 15.4 Å². The van der Waals surface area contributed by atoms with Crippen LogP contribution in [0.5, 0.6) is 0 Å². The number of aromatic nitrogens is 3. The third-order valence-corrected chi connectivity index (χ3v) is 4.97. The van der Waals surface area contributed by atoms with E-state index in [1.54, 1.807) is 6.21 Å². The van der Waals surface area contributed by atoms with Crippen LogP contribution in [0.25, 0.3) is 5.69 Å². The molecule has 0 spiro atoms. The Hall–Kier alpha value is -2.47. The molecule has 128 valence electrons. The van der Waals surface area contributed by atoms with Gasteiger partial charge >= 0.3 is 0 Å². The van der Waals surface area contributed by atoms with Crippen molar-refractivity contribution in [1.29, 1.82) is 0 Å². The van der Waals surface area contributed by atoms with Crippen molar-refractivity contribution in [3.05, 3.63) is 69.2 Å². The summed E-state index contributed by atoms with van der Waals surface area (Å²) in [5, 5.41) is 4.32. The van der Waals surface area contributed by atoms with Gasteiger partial charge in [-0.15, -0.1) is 0 Å². The smallest absolute Gasteiger partial charge is 0.243 e. The monoisotopic (exact) mass is 397 g/mol. The second-order valence-electron chi connectivity index (χ2n) is 5.91. The van der Waals surface area contributed by atoms with Crippen LogP contribution in [-0.4, -0.2) is 20.7 Å². The summed E-state index contributed by atoms with van der Waals surface area (Å²) in [6.45, 7) is 8.04. The second kappa shape index (κ2) is 7.19. The highest BCUT2D eigenvalue weighted by molar-refractivity contribution is 9.10. The molecule has 0 unspecified atom stereocenters. The Labute approximate surface area is 156 Å². The third kappa shape index (κ3) is 3.64. The lowest BCUT2D eigenvalue weighted by Gasteiger charge is -2.08. The predicted octanol–water partition coefficient (Wildman–Crippen LogP) is 4.71. The predicted molar refractivity (Wildman–Crippen MR) is 106 cm³/mol. The van der Waals surface area contributed by atoms with E-state index in [4.69, 9.17) is 0 Å². The molecule has 0 aliphatic rings. The molecule has 1 aromatic carbocycles. The highest BCUT2D eigenvalue weighted by Crippen LogP contribution is 2.29. The van der Waals surface area contributed by atoms with E-state index in [0.717, 1.165) is 38.5 Å². The largest absolute Gasteiger partial charge is 0.317 e. The summed E-state index contributed by atoms with van der Waals surface area (Å²) in [6, 6.07) is 12.2. The van der Waals surface area contributed by atoms with E-state index in [0.29, 0.717) is 5.95 Å². The standard InChI is InChI=1S/C19H20BrN5/c1-12-10-13(2)23-19(22-12)24-21-11-17-14(3)25(15(4)18(17)20)16-8-6-5-7-9-16/h5-11H,1-4H3,(H,22,23,24)/b21-11+. The Kier molecular flexibility index (Phi) is 4.99. The van der Waals surface area contributed by atoms with Gasteiger partial charge in [0.05, 0.1) is 6.21 Å². The molecule has 0 aliphatic carbocycles. The van der Waals surface area contributed by atoms with Crippen molar-refractivity contribution in [2.24, 2.45) is 5.10 Å². The summed E-state index contributed by atoms with van der Waals surface area (Å²) in [5.74, 6) is 0.502. The van der Waals surface area contributed by atoms with Gasteiger partial charge in [-0.2, -0.15) is 5.10 Å². The number of para-hydroxylation sites is 1. The van der Waals surface area contributed by atoms with Crippen molar-refractivity contribution in [3.63, 3.8) is 0 Å². The van der Waals surface area contributed by atoms with Crippen LogP contribution in [0.4, 0.5) is 5.95 Å². The lowest BCUT2D eigenvalue weighted by Crippen LogP contribution is -2.01. The fourth-order valence-electron chi connectivity index (χ4n) is 2.87. The summed E-state index contributed by atoms with van der Waals surface area (Å²) in [7, 11) is 0. The van der Waals surface area contributed by atoms with Crippen molar-refractivity contribution in [1.82, 2.24) is 14.5 Å². The normalized spacial score (nSPS) is 11.2. The number of hydrogen-bond acceptors (Lipinski definition) is 4. The fourth-order valence-corrected chi connectivity index (χ4v) is 3.44. The van der Waals surface area contributed by atoms with Crippen LogP contribution >= 0.6 is 15.9 Å². The number of benzene rings is 1. The number of halogens is 1. The van der Waals surface area contributed by atoms with Crippen LogP contribution in [0.3, 0.4) is 0 Å². The first-order valence-electron chi connectivity index (χ1n) is 8.01. The molecule has 3 aromatic rings. The highest BCUT2D eigenvalue weighted by atomic mass is 79.9. The SMILES string of the molecule is Cc1cc(C)nc(N/N=C/c2c(Br)c(C)n(-c3ccccc3)c2C)n1. The highest BCUT2D eigenvalue weighted by Gasteiger charge is 2.15. The zero-order chi connectivity index (χ0) is 18.0. The summed E-state index contributed by atoms with van der Waals surface area (Å²) in [5.41, 5.74) is 9.14. The molecular weight excluding hydrogens is 378 g/mol. The molecule has 0 bridgehead atoms. The number of aryl methyl sites for hydroxylation is 2. The van der Waals surface area contributed by atoms with Crippen LogP contribution in [0.15, 0.2) is 46.0 Å².